The minimum Gasteiger partial charge on any atom is -0.399 e. The smallest absolute Gasteiger partial charge is 0.140 e. The van der Waals surface area contributed by atoms with Crippen molar-refractivity contribution in [1.82, 2.24) is 9.55 Å². The molecule has 3 rings (SSSR count). The number of fused-ring (bicyclic) bond motifs is 1. The first kappa shape index (κ1) is 11.1. The standard InChI is InChI=1S/C14H12ClN3/c1-18-13-6-5-10(15)8-12(13)17-14(18)9-3-2-4-11(16)7-9/h2-8H,16H2,1H3. The molecule has 1 heterocycles. The number of imidazole rings is 1. The van der Waals surface area contributed by atoms with Crippen molar-refractivity contribution in [1.29, 1.82) is 0 Å². The Bertz CT molecular complexity index is 731. The van der Waals surface area contributed by atoms with Crippen LogP contribution in [0.25, 0.3) is 22.4 Å². The van der Waals surface area contributed by atoms with Gasteiger partial charge in [0.05, 0.1) is 11.0 Å². The monoisotopic (exact) mass is 257 g/mol. The topological polar surface area (TPSA) is 43.8 Å². The van der Waals surface area contributed by atoms with Crippen LogP contribution < -0.4 is 5.73 Å². The highest BCUT2D eigenvalue weighted by Crippen LogP contribution is 2.26. The van der Waals surface area contributed by atoms with E-state index in [9.17, 15) is 0 Å². The van der Waals surface area contributed by atoms with Crippen LogP contribution in [-0.2, 0) is 7.05 Å². The lowest BCUT2D eigenvalue weighted by Gasteiger charge is -2.03. The first-order valence-electron chi connectivity index (χ1n) is 5.63. The zero-order valence-corrected chi connectivity index (χ0v) is 10.6. The molecule has 0 bridgehead atoms. The number of aromatic nitrogens is 2. The van der Waals surface area contributed by atoms with Gasteiger partial charge in [0.15, 0.2) is 0 Å². The molecule has 4 heteroatoms. The zero-order chi connectivity index (χ0) is 12.7. The Morgan fingerprint density at radius 3 is 2.78 bits per heavy atom. The third-order valence-corrected chi connectivity index (χ3v) is 3.22. The van der Waals surface area contributed by atoms with E-state index >= 15 is 0 Å². The number of halogens is 1. The summed E-state index contributed by atoms with van der Waals surface area (Å²) < 4.78 is 2.04. The van der Waals surface area contributed by atoms with Crippen molar-refractivity contribution in [2.45, 2.75) is 0 Å². The average molecular weight is 258 g/mol. The molecule has 0 saturated carbocycles. The van der Waals surface area contributed by atoms with Crippen LogP contribution in [0.5, 0.6) is 0 Å². The van der Waals surface area contributed by atoms with E-state index in [1.807, 2.05) is 54.1 Å². The van der Waals surface area contributed by atoms with Gasteiger partial charge in [-0.15, -0.1) is 0 Å². The third-order valence-electron chi connectivity index (χ3n) is 2.99. The molecular weight excluding hydrogens is 246 g/mol. The Balaban J connectivity index is 2.27. The number of nitrogens with zero attached hydrogens (tertiary/aromatic N) is 2. The van der Waals surface area contributed by atoms with E-state index in [1.165, 1.54) is 0 Å². The van der Waals surface area contributed by atoms with E-state index in [2.05, 4.69) is 4.98 Å². The van der Waals surface area contributed by atoms with E-state index in [-0.39, 0.29) is 0 Å². The Hall–Kier alpha value is -2.00. The summed E-state index contributed by atoms with van der Waals surface area (Å²) in [5, 5.41) is 0.694. The molecule has 0 radical (unpaired) electrons. The molecule has 0 unspecified atom stereocenters. The quantitative estimate of drug-likeness (QED) is 0.679. The second-order valence-electron chi connectivity index (χ2n) is 4.25. The Morgan fingerprint density at radius 1 is 1.17 bits per heavy atom. The van der Waals surface area contributed by atoms with Crippen LogP contribution in [0.4, 0.5) is 5.69 Å². The first-order valence-corrected chi connectivity index (χ1v) is 6.01. The Labute approximate surface area is 110 Å². The molecule has 2 N–H and O–H groups in total. The predicted molar refractivity (Wildman–Crippen MR) is 75.6 cm³/mol. The highest BCUT2D eigenvalue weighted by molar-refractivity contribution is 6.31. The lowest BCUT2D eigenvalue weighted by atomic mass is 10.2. The lowest BCUT2D eigenvalue weighted by molar-refractivity contribution is 0.959. The van der Waals surface area contributed by atoms with Crippen LogP contribution in [0.2, 0.25) is 5.02 Å². The first-order chi connectivity index (χ1) is 8.65. The molecule has 90 valence electrons. The highest BCUT2D eigenvalue weighted by Gasteiger charge is 2.10. The summed E-state index contributed by atoms with van der Waals surface area (Å²) in [7, 11) is 1.99. The molecule has 1 aromatic heterocycles. The molecule has 0 aliphatic rings. The fraction of sp³-hybridized carbons (Fsp3) is 0.0714. The van der Waals surface area contributed by atoms with Crippen molar-refractivity contribution in [3.05, 3.63) is 47.5 Å². The molecule has 0 fully saturated rings. The molecule has 0 spiro atoms. The van der Waals surface area contributed by atoms with Crippen molar-refractivity contribution in [3.8, 4) is 11.4 Å². The lowest BCUT2D eigenvalue weighted by Crippen LogP contribution is -1.93. The average Bonchev–Trinajstić information content (AvgIpc) is 2.66. The maximum Gasteiger partial charge on any atom is 0.140 e. The number of hydrogen-bond acceptors (Lipinski definition) is 2. The fourth-order valence-electron chi connectivity index (χ4n) is 2.11. The third kappa shape index (κ3) is 1.73. The minimum atomic E-state index is 0.694. The van der Waals surface area contributed by atoms with Crippen molar-refractivity contribution in [2.75, 3.05) is 5.73 Å². The molecule has 3 aromatic rings. The summed E-state index contributed by atoms with van der Waals surface area (Å²) in [5.41, 5.74) is 9.49. The maximum atomic E-state index is 5.98. The second-order valence-corrected chi connectivity index (χ2v) is 4.69. The number of aryl methyl sites for hydroxylation is 1. The van der Waals surface area contributed by atoms with Gasteiger partial charge < -0.3 is 10.3 Å². The maximum absolute atomic E-state index is 5.98. The Kier molecular flexibility index (Phi) is 2.49. The molecule has 0 aliphatic carbocycles. The highest BCUT2D eigenvalue weighted by atomic mass is 35.5. The molecule has 3 nitrogen and oxygen atoms in total. The van der Waals surface area contributed by atoms with E-state index in [0.29, 0.717) is 5.02 Å². The van der Waals surface area contributed by atoms with Crippen molar-refractivity contribution < 1.29 is 0 Å². The fourth-order valence-corrected chi connectivity index (χ4v) is 2.28. The molecule has 2 aromatic carbocycles. The summed E-state index contributed by atoms with van der Waals surface area (Å²) >= 11 is 5.98. The number of benzene rings is 2. The number of hydrogen-bond donors (Lipinski definition) is 1. The zero-order valence-electron chi connectivity index (χ0n) is 9.89. The van der Waals surface area contributed by atoms with E-state index in [4.69, 9.17) is 17.3 Å². The number of rotatable bonds is 1. The Morgan fingerprint density at radius 2 is 2.00 bits per heavy atom. The SMILES string of the molecule is Cn1c(-c2cccc(N)c2)nc2cc(Cl)ccc21. The van der Waals surface area contributed by atoms with Crippen molar-refractivity contribution >= 4 is 28.3 Å². The van der Waals surface area contributed by atoms with Gasteiger partial charge in [0.25, 0.3) is 0 Å². The minimum absolute atomic E-state index is 0.694. The summed E-state index contributed by atoms with van der Waals surface area (Å²) in [6.45, 7) is 0. The van der Waals surface area contributed by atoms with Crippen LogP contribution >= 0.6 is 11.6 Å². The van der Waals surface area contributed by atoms with Crippen LogP contribution in [0.1, 0.15) is 0 Å². The van der Waals surface area contributed by atoms with Gasteiger partial charge >= 0.3 is 0 Å². The van der Waals surface area contributed by atoms with Gasteiger partial charge in [-0.25, -0.2) is 4.98 Å². The molecule has 0 atom stereocenters. The summed E-state index contributed by atoms with van der Waals surface area (Å²) in [5.74, 6) is 0.888. The largest absolute Gasteiger partial charge is 0.399 e. The van der Waals surface area contributed by atoms with E-state index in [0.717, 1.165) is 28.1 Å². The predicted octanol–water partition coefficient (Wildman–Crippen LogP) is 3.48. The molecule has 0 saturated heterocycles. The van der Waals surface area contributed by atoms with Crippen molar-refractivity contribution in [3.63, 3.8) is 0 Å². The van der Waals surface area contributed by atoms with Gasteiger partial charge in [0.2, 0.25) is 0 Å². The van der Waals surface area contributed by atoms with E-state index in [1.54, 1.807) is 0 Å². The second kappa shape index (κ2) is 4.03. The molecule has 18 heavy (non-hydrogen) atoms. The van der Waals surface area contributed by atoms with Crippen LogP contribution in [0.3, 0.4) is 0 Å². The number of nitrogen functional groups attached to an aromatic ring is 1. The van der Waals surface area contributed by atoms with Crippen LogP contribution in [0.15, 0.2) is 42.5 Å². The molecule has 0 aliphatic heterocycles. The van der Waals surface area contributed by atoms with Gasteiger partial charge in [0, 0.05) is 23.3 Å². The normalized spacial score (nSPS) is 11.0. The molecular formula is C14H12ClN3. The van der Waals surface area contributed by atoms with Crippen molar-refractivity contribution in [2.24, 2.45) is 7.05 Å². The number of anilines is 1. The van der Waals surface area contributed by atoms with Crippen LogP contribution in [-0.4, -0.2) is 9.55 Å². The van der Waals surface area contributed by atoms with E-state index < -0.39 is 0 Å². The van der Waals surface area contributed by atoms with Gasteiger partial charge in [-0.05, 0) is 30.3 Å². The summed E-state index contributed by atoms with van der Waals surface area (Å²) in [6.07, 6.45) is 0. The number of nitrogens with two attached hydrogens (primary N) is 1. The van der Waals surface area contributed by atoms with Crippen LogP contribution in [0, 0.1) is 0 Å². The van der Waals surface area contributed by atoms with Gasteiger partial charge in [-0.2, -0.15) is 0 Å². The van der Waals surface area contributed by atoms with Gasteiger partial charge in [0.1, 0.15) is 5.82 Å². The van der Waals surface area contributed by atoms with Gasteiger partial charge in [-0.3, -0.25) is 0 Å². The molecule has 0 amide bonds. The summed E-state index contributed by atoms with van der Waals surface area (Å²) in [6, 6.07) is 13.4. The van der Waals surface area contributed by atoms with Gasteiger partial charge in [-0.1, -0.05) is 23.7 Å². The summed E-state index contributed by atoms with van der Waals surface area (Å²) in [4.78, 5) is 4.61.